The van der Waals surface area contributed by atoms with Crippen molar-refractivity contribution in [1.29, 1.82) is 0 Å². The lowest BCUT2D eigenvalue weighted by Crippen LogP contribution is -2.41. The molecule has 1 rings (SSSR count). The van der Waals surface area contributed by atoms with Gasteiger partial charge in [-0.05, 0) is 37.5 Å². The number of hydrogen-bond acceptors (Lipinski definition) is 1. The number of alkyl halides is 5. The van der Waals surface area contributed by atoms with Gasteiger partial charge in [-0.15, -0.1) is 0 Å². The number of ether oxygens (including phenoxy) is 1. The van der Waals surface area contributed by atoms with Crippen LogP contribution in [0.25, 0.3) is 0 Å². The van der Waals surface area contributed by atoms with Gasteiger partial charge in [-0.25, -0.2) is 0 Å². The van der Waals surface area contributed by atoms with Gasteiger partial charge in [0.05, 0.1) is 0 Å². The SMILES string of the molecule is [CH]CCc1ccc(OC(F)(F)C(F)(F)F)cc1. The molecule has 0 aliphatic carbocycles. The Balaban J connectivity index is 2.76. The summed E-state index contributed by atoms with van der Waals surface area (Å²) >= 11 is 0. The largest absolute Gasteiger partial charge is 0.499 e. The summed E-state index contributed by atoms with van der Waals surface area (Å²) in [7, 11) is 0. The average Bonchev–Trinajstić information content (AvgIpc) is 2.19. The van der Waals surface area contributed by atoms with Gasteiger partial charge in [0.25, 0.3) is 0 Å². The van der Waals surface area contributed by atoms with Crippen LogP contribution in [0.5, 0.6) is 5.75 Å². The Labute approximate surface area is 95.2 Å². The maximum atomic E-state index is 12.5. The van der Waals surface area contributed by atoms with Crippen molar-refractivity contribution in [3.8, 4) is 5.75 Å². The van der Waals surface area contributed by atoms with Gasteiger partial charge in [0.2, 0.25) is 0 Å². The van der Waals surface area contributed by atoms with Crippen LogP contribution in [0.1, 0.15) is 12.0 Å². The first kappa shape index (κ1) is 13.7. The van der Waals surface area contributed by atoms with Gasteiger partial charge in [0, 0.05) is 0 Å². The molecule has 0 atom stereocenters. The molecule has 0 aromatic heterocycles. The third kappa shape index (κ3) is 3.57. The van der Waals surface area contributed by atoms with E-state index in [0.29, 0.717) is 12.8 Å². The zero-order valence-electron chi connectivity index (χ0n) is 8.60. The number of aryl methyl sites for hydroxylation is 1. The number of benzene rings is 1. The van der Waals surface area contributed by atoms with E-state index in [9.17, 15) is 22.0 Å². The molecule has 0 bridgehead atoms. The number of hydrogen-bond donors (Lipinski definition) is 0. The molecule has 0 N–H and O–H groups in total. The fourth-order valence-corrected chi connectivity index (χ4v) is 1.10. The molecule has 0 saturated heterocycles. The quantitative estimate of drug-likeness (QED) is 0.739. The minimum absolute atomic E-state index is 0.360. The highest BCUT2D eigenvalue weighted by molar-refractivity contribution is 5.27. The monoisotopic (exact) mass is 252 g/mol. The van der Waals surface area contributed by atoms with Crippen molar-refractivity contribution < 1.29 is 26.7 Å². The Morgan fingerprint density at radius 3 is 1.94 bits per heavy atom. The van der Waals surface area contributed by atoms with Crippen LogP contribution in [-0.2, 0) is 6.42 Å². The van der Waals surface area contributed by atoms with Crippen molar-refractivity contribution in [2.45, 2.75) is 25.1 Å². The predicted molar refractivity (Wildman–Crippen MR) is 50.7 cm³/mol. The van der Waals surface area contributed by atoms with Gasteiger partial charge in [0.15, 0.2) is 0 Å². The Bertz CT molecular complexity index is 355. The van der Waals surface area contributed by atoms with Crippen LogP contribution in [0.2, 0.25) is 0 Å². The van der Waals surface area contributed by atoms with E-state index in [1.165, 1.54) is 12.1 Å². The van der Waals surface area contributed by atoms with E-state index in [0.717, 1.165) is 17.7 Å². The van der Waals surface area contributed by atoms with Crippen molar-refractivity contribution >= 4 is 0 Å². The molecule has 0 amide bonds. The molecule has 1 aromatic rings. The second kappa shape index (κ2) is 4.89. The summed E-state index contributed by atoms with van der Waals surface area (Å²) in [4.78, 5) is 0. The van der Waals surface area contributed by atoms with Crippen LogP contribution in [0.4, 0.5) is 22.0 Å². The lowest BCUT2D eigenvalue weighted by atomic mass is 10.1. The molecule has 0 unspecified atom stereocenters. The maximum absolute atomic E-state index is 12.5. The van der Waals surface area contributed by atoms with Gasteiger partial charge in [-0.3, -0.25) is 0 Å². The van der Waals surface area contributed by atoms with E-state index < -0.39 is 18.0 Å². The summed E-state index contributed by atoms with van der Waals surface area (Å²) in [6.45, 7) is 5.26. The van der Waals surface area contributed by atoms with E-state index in [-0.39, 0.29) is 0 Å². The topological polar surface area (TPSA) is 9.23 Å². The normalized spacial score (nSPS) is 12.6. The Morgan fingerprint density at radius 2 is 1.53 bits per heavy atom. The molecule has 0 saturated carbocycles. The standard InChI is InChI=1S/C11H9F5O/c1-2-3-8-4-6-9(7-5-8)17-11(15,16)10(12,13)14/h1,4-7H,2-3H2. The first-order valence-corrected chi connectivity index (χ1v) is 4.69. The lowest BCUT2D eigenvalue weighted by molar-refractivity contribution is -0.360. The molecule has 6 heteroatoms. The zero-order valence-corrected chi connectivity index (χ0v) is 8.60. The van der Waals surface area contributed by atoms with E-state index in [2.05, 4.69) is 4.74 Å². The Kier molecular flexibility index (Phi) is 3.95. The first-order chi connectivity index (χ1) is 7.76. The molecule has 94 valence electrons. The van der Waals surface area contributed by atoms with Crippen molar-refractivity contribution in [2.75, 3.05) is 0 Å². The fraction of sp³-hybridized carbons (Fsp3) is 0.364. The maximum Gasteiger partial charge on any atom is 0.499 e. The Hall–Kier alpha value is -1.33. The van der Waals surface area contributed by atoms with Crippen LogP contribution in [0.3, 0.4) is 0 Å². The van der Waals surface area contributed by atoms with Crippen molar-refractivity contribution in [2.24, 2.45) is 0 Å². The molecule has 1 aromatic carbocycles. The summed E-state index contributed by atoms with van der Waals surface area (Å²) in [5.74, 6) is -0.548. The Morgan fingerprint density at radius 1 is 1.00 bits per heavy atom. The summed E-state index contributed by atoms with van der Waals surface area (Å²) in [5.41, 5.74) is 0.732. The molecule has 17 heavy (non-hydrogen) atoms. The number of halogens is 5. The van der Waals surface area contributed by atoms with Crippen LogP contribution in [0.15, 0.2) is 24.3 Å². The summed E-state index contributed by atoms with van der Waals surface area (Å²) < 4.78 is 64.1. The highest BCUT2D eigenvalue weighted by Gasteiger charge is 2.61. The molecular weight excluding hydrogens is 243 g/mol. The van der Waals surface area contributed by atoms with E-state index in [1.54, 1.807) is 0 Å². The average molecular weight is 252 g/mol. The molecule has 2 radical (unpaired) electrons. The van der Waals surface area contributed by atoms with E-state index in [1.807, 2.05) is 0 Å². The lowest BCUT2D eigenvalue weighted by Gasteiger charge is -2.20. The van der Waals surface area contributed by atoms with Crippen LogP contribution in [0, 0.1) is 6.92 Å². The summed E-state index contributed by atoms with van der Waals surface area (Å²) in [5, 5.41) is 0. The van der Waals surface area contributed by atoms with Crippen molar-refractivity contribution in [3.05, 3.63) is 36.8 Å². The molecular formula is C11H9F5O. The molecule has 1 nitrogen and oxygen atoms in total. The molecule has 0 heterocycles. The van der Waals surface area contributed by atoms with Gasteiger partial charge < -0.3 is 4.74 Å². The summed E-state index contributed by atoms with van der Waals surface area (Å²) in [6, 6.07) is 4.86. The van der Waals surface area contributed by atoms with Crippen LogP contribution < -0.4 is 4.74 Å². The highest BCUT2D eigenvalue weighted by atomic mass is 19.4. The van der Waals surface area contributed by atoms with Gasteiger partial charge in [0.1, 0.15) is 5.75 Å². The second-order valence-electron chi connectivity index (χ2n) is 3.30. The number of rotatable bonds is 4. The molecule has 0 fully saturated rings. The second-order valence-corrected chi connectivity index (χ2v) is 3.30. The van der Waals surface area contributed by atoms with Gasteiger partial charge in [-0.1, -0.05) is 12.1 Å². The summed E-state index contributed by atoms with van der Waals surface area (Å²) in [6.07, 6.45) is -10.1. The molecule has 0 spiro atoms. The predicted octanol–water partition coefficient (Wildman–Crippen LogP) is 3.86. The third-order valence-electron chi connectivity index (χ3n) is 1.93. The van der Waals surface area contributed by atoms with E-state index in [4.69, 9.17) is 6.92 Å². The first-order valence-electron chi connectivity index (χ1n) is 4.69. The molecule has 0 aliphatic heterocycles. The van der Waals surface area contributed by atoms with Crippen molar-refractivity contribution in [3.63, 3.8) is 0 Å². The molecule has 0 aliphatic rings. The van der Waals surface area contributed by atoms with Crippen LogP contribution >= 0.6 is 0 Å². The highest BCUT2D eigenvalue weighted by Crippen LogP contribution is 2.37. The van der Waals surface area contributed by atoms with Gasteiger partial charge >= 0.3 is 12.3 Å². The minimum Gasteiger partial charge on any atom is -0.426 e. The smallest absolute Gasteiger partial charge is 0.426 e. The van der Waals surface area contributed by atoms with E-state index >= 15 is 0 Å². The zero-order chi connectivity index (χ0) is 13.1. The van der Waals surface area contributed by atoms with Gasteiger partial charge in [-0.2, -0.15) is 22.0 Å². The van der Waals surface area contributed by atoms with Crippen LogP contribution in [-0.4, -0.2) is 12.3 Å². The fourth-order valence-electron chi connectivity index (χ4n) is 1.10. The minimum atomic E-state index is -5.73. The third-order valence-corrected chi connectivity index (χ3v) is 1.93. The van der Waals surface area contributed by atoms with Crippen molar-refractivity contribution in [1.82, 2.24) is 0 Å².